The first-order chi connectivity index (χ1) is 15.2. The van der Waals surface area contributed by atoms with Gasteiger partial charge in [0.15, 0.2) is 0 Å². The number of amides is 1. The topological polar surface area (TPSA) is 70.4 Å². The second kappa shape index (κ2) is 8.28. The molecule has 1 fully saturated rings. The van der Waals surface area contributed by atoms with Crippen LogP contribution in [0.3, 0.4) is 0 Å². The molecule has 0 radical (unpaired) electrons. The number of anilines is 3. The van der Waals surface area contributed by atoms with Gasteiger partial charge in [-0.25, -0.2) is 0 Å². The third kappa shape index (κ3) is 4.05. The molecule has 0 bridgehead atoms. The predicted octanol–water partition coefficient (Wildman–Crippen LogP) is 4.80. The van der Waals surface area contributed by atoms with E-state index in [2.05, 4.69) is 39.8 Å². The van der Waals surface area contributed by atoms with E-state index in [0.29, 0.717) is 11.3 Å². The number of hydrogen-bond acceptors (Lipinski definition) is 4. The average molecular weight is 411 g/mol. The number of carbonyl (C=O) groups is 1. The van der Waals surface area contributed by atoms with Crippen LogP contribution in [0.5, 0.6) is 0 Å². The van der Waals surface area contributed by atoms with Crippen LogP contribution in [-0.4, -0.2) is 23.9 Å². The van der Waals surface area contributed by atoms with Crippen molar-refractivity contribution in [2.24, 2.45) is 0 Å². The van der Waals surface area contributed by atoms with Crippen molar-refractivity contribution in [2.45, 2.75) is 19.4 Å². The Kier molecular flexibility index (Phi) is 5.18. The first-order valence-corrected chi connectivity index (χ1v) is 10.8. The molecule has 3 aromatic carbocycles. The maximum atomic E-state index is 12.9. The van der Waals surface area contributed by atoms with Gasteiger partial charge in [0.05, 0.1) is 11.3 Å². The molecule has 2 aliphatic rings. The number of fused-ring (bicyclic) bond motifs is 1. The summed E-state index contributed by atoms with van der Waals surface area (Å²) in [5.41, 5.74) is 12.8. The summed E-state index contributed by atoms with van der Waals surface area (Å²) in [4.78, 5) is 15.4. The van der Waals surface area contributed by atoms with E-state index in [4.69, 9.17) is 5.73 Å². The number of nitrogens with one attached hydrogen (secondary N) is 2. The molecule has 5 nitrogen and oxygen atoms in total. The van der Waals surface area contributed by atoms with Crippen molar-refractivity contribution in [1.82, 2.24) is 4.90 Å². The van der Waals surface area contributed by atoms with Gasteiger partial charge >= 0.3 is 0 Å². The van der Waals surface area contributed by atoms with Gasteiger partial charge in [0, 0.05) is 29.2 Å². The number of rotatable bonds is 5. The summed E-state index contributed by atoms with van der Waals surface area (Å²) in [6, 6.07) is 23.9. The summed E-state index contributed by atoms with van der Waals surface area (Å²) in [5.74, 6) is -0.127. The van der Waals surface area contributed by atoms with Crippen LogP contribution in [0.25, 0.3) is 11.3 Å². The van der Waals surface area contributed by atoms with E-state index in [1.54, 1.807) is 6.07 Å². The van der Waals surface area contributed by atoms with Gasteiger partial charge in [-0.1, -0.05) is 42.5 Å². The van der Waals surface area contributed by atoms with Gasteiger partial charge in [0.2, 0.25) is 0 Å². The lowest BCUT2D eigenvalue weighted by Crippen LogP contribution is -2.18. The van der Waals surface area contributed by atoms with Crippen molar-refractivity contribution in [3.05, 3.63) is 89.5 Å². The van der Waals surface area contributed by atoms with Crippen LogP contribution in [0.4, 0.5) is 17.1 Å². The third-order valence-corrected chi connectivity index (χ3v) is 5.93. The molecule has 5 rings (SSSR count). The molecular formula is C26H26N4O. The number of likely N-dealkylation sites (tertiary alicyclic amines) is 1. The fourth-order valence-corrected chi connectivity index (χ4v) is 4.35. The highest BCUT2D eigenvalue weighted by Gasteiger charge is 2.28. The van der Waals surface area contributed by atoms with Crippen molar-refractivity contribution >= 4 is 34.2 Å². The fraction of sp³-hybridized carbons (Fsp3) is 0.192. The summed E-state index contributed by atoms with van der Waals surface area (Å²) in [6.07, 6.45) is 2.59. The molecule has 2 aliphatic heterocycles. The molecule has 0 saturated carbocycles. The zero-order valence-electron chi connectivity index (χ0n) is 17.4. The number of benzene rings is 3. The Morgan fingerprint density at radius 2 is 1.71 bits per heavy atom. The summed E-state index contributed by atoms with van der Waals surface area (Å²) in [5, 5.41) is 6.48. The Morgan fingerprint density at radius 3 is 2.45 bits per heavy atom. The van der Waals surface area contributed by atoms with E-state index in [9.17, 15) is 4.79 Å². The van der Waals surface area contributed by atoms with Gasteiger partial charge in [0.25, 0.3) is 5.91 Å². The largest absolute Gasteiger partial charge is 0.399 e. The quantitative estimate of drug-likeness (QED) is 0.418. The second-order valence-electron chi connectivity index (χ2n) is 8.18. The summed E-state index contributed by atoms with van der Waals surface area (Å²) < 4.78 is 0. The van der Waals surface area contributed by atoms with E-state index < -0.39 is 0 Å². The molecule has 5 heteroatoms. The second-order valence-corrected chi connectivity index (χ2v) is 8.18. The molecule has 0 atom stereocenters. The van der Waals surface area contributed by atoms with Crippen molar-refractivity contribution < 1.29 is 4.79 Å². The lowest BCUT2D eigenvalue weighted by Gasteiger charge is -2.17. The van der Waals surface area contributed by atoms with Gasteiger partial charge in [0.1, 0.15) is 0 Å². The summed E-state index contributed by atoms with van der Waals surface area (Å²) in [7, 11) is 0. The van der Waals surface area contributed by atoms with Crippen LogP contribution in [0.2, 0.25) is 0 Å². The van der Waals surface area contributed by atoms with Gasteiger partial charge in [-0.05, 0) is 67.4 Å². The minimum absolute atomic E-state index is 0.127. The van der Waals surface area contributed by atoms with Crippen molar-refractivity contribution in [1.29, 1.82) is 0 Å². The molecule has 0 aliphatic carbocycles. The smallest absolute Gasteiger partial charge is 0.258 e. The van der Waals surface area contributed by atoms with E-state index in [1.165, 1.54) is 31.5 Å². The van der Waals surface area contributed by atoms with E-state index >= 15 is 0 Å². The Bertz CT molecular complexity index is 1130. The number of hydrogen-bond donors (Lipinski definition) is 3. The van der Waals surface area contributed by atoms with E-state index in [-0.39, 0.29) is 5.91 Å². The normalized spacial score (nSPS) is 17.4. The van der Waals surface area contributed by atoms with Crippen LogP contribution in [0, 0.1) is 0 Å². The molecular weight excluding hydrogens is 384 g/mol. The van der Waals surface area contributed by atoms with E-state index in [1.807, 2.05) is 42.5 Å². The monoisotopic (exact) mass is 410 g/mol. The molecule has 31 heavy (non-hydrogen) atoms. The zero-order chi connectivity index (χ0) is 21.2. The van der Waals surface area contributed by atoms with Crippen LogP contribution in [0.1, 0.15) is 29.5 Å². The Balaban J connectivity index is 1.51. The number of nitrogens with two attached hydrogens (primary N) is 1. The molecule has 0 aromatic heterocycles. The number of nitrogens with zero attached hydrogens (tertiary/aromatic N) is 1. The van der Waals surface area contributed by atoms with Crippen LogP contribution in [-0.2, 0) is 11.3 Å². The predicted molar refractivity (Wildman–Crippen MR) is 127 cm³/mol. The minimum Gasteiger partial charge on any atom is -0.399 e. The highest BCUT2D eigenvalue weighted by Crippen LogP contribution is 2.38. The molecule has 1 saturated heterocycles. The maximum absolute atomic E-state index is 12.9. The van der Waals surface area contributed by atoms with Crippen LogP contribution < -0.4 is 16.4 Å². The summed E-state index contributed by atoms with van der Waals surface area (Å²) >= 11 is 0. The van der Waals surface area contributed by atoms with Crippen LogP contribution in [0.15, 0.2) is 72.8 Å². The van der Waals surface area contributed by atoms with Crippen molar-refractivity contribution in [3.8, 4) is 0 Å². The van der Waals surface area contributed by atoms with Crippen molar-refractivity contribution in [2.75, 3.05) is 29.5 Å². The standard InChI is InChI=1S/C26H26N4O/c27-20-10-13-23-22(16-20)24(26(31)29-23)25(19-6-2-1-3-7-19)28-21-11-8-18(9-12-21)17-30-14-4-5-15-30/h1-3,6-13,16,28H,4-5,14-15,17,27H2,(H,29,31). The van der Waals surface area contributed by atoms with Gasteiger partial charge in [-0.2, -0.15) is 0 Å². The van der Waals surface area contributed by atoms with Gasteiger partial charge in [-0.3, -0.25) is 9.69 Å². The lowest BCUT2D eigenvalue weighted by atomic mass is 9.99. The Labute approximate surface area is 182 Å². The van der Waals surface area contributed by atoms with Gasteiger partial charge < -0.3 is 16.4 Å². The highest BCUT2D eigenvalue weighted by atomic mass is 16.2. The molecule has 1 amide bonds. The first-order valence-electron chi connectivity index (χ1n) is 10.8. The lowest BCUT2D eigenvalue weighted by molar-refractivity contribution is -0.110. The first kappa shape index (κ1) is 19.4. The molecule has 0 spiro atoms. The van der Waals surface area contributed by atoms with E-state index in [0.717, 1.165) is 34.7 Å². The molecule has 156 valence electrons. The molecule has 2 heterocycles. The molecule has 3 aromatic rings. The SMILES string of the molecule is Nc1ccc2c(c1)C(=C(Nc1ccc(CN3CCCC3)cc1)c1ccccc1)C(=O)N2. The highest BCUT2D eigenvalue weighted by molar-refractivity contribution is 6.37. The van der Waals surface area contributed by atoms with Crippen LogP contribution >= 0.6 is 0 Å². The molecule has 4 N–H and O–H groups in total. The maximum Gasteiger partial charge on any atom is 0.258 e. The number of nitrogen functional groups attached to an aromatic ring is 1. The number of carbonyl (C=O) groups excluding carboxylic acids is 1. The third-order valence-electron chi connectivity index (χ3n) is 5.93. The Morgan fingerprint density at radius 1 is 0.968 bits per heavy atom. The fourth-order valence-electron chi connectivity index (χ4n) is 4.35. The average Bonchev–Trinajstić information content (AvgIpc) is 3.41. The molecule has 0 unspecified atom stereocenters. The minimum atomic E-state index is -0.127. The van der Waals surface area contributed by atoms with Gasteiger partial charge in [-0.15, -0.1) is 0 Å². The Hall–Kier alpha value is -3.57. The zero-order valence-corrected chi connectivity index (χ0v) is 17.4. The van der Waals surface area contributed by atoms with Crippen molar-refractivity contribution in [3.63, 3.8) is 0 Å². The summed E-state index contributed by atoms with van der Waals surface area (Å²) in [6.45, 7) is 3.35.